The maximum atomic E-state index is 11.6. The first-order valence-corrected chi connectivity index (χ1v) is 5.70. The smallest absolute Gasteiger partial charge is 0.306 e. The molecular formula is C11H18N2O4. The molecule has 96 valence electrons. The molecule has 1 aliphatic rings. The van der Waals surface area contributed by atoms with Gasteiger partial charge in [-0.3, -0.25) is 14.4 Å². The van der Waals surface area contributed by atoms with Gasteiger partial charge >= 0.3 is 5.97 Å². The molecule has 0 aromatic carbocycles. The lowest BCUT2D eigenvalue weighted by molar-refractivity contribution is -0.141. The highest BCUT2D eigenvalue weighted by molar-refractivity contribution is 5.86. The van der Waals surface area contributed by atoms with E-state index in [0.29, 0.717) is 19.3 Å². The Morgan fingerprint density at radius 1 is 1.29 bits per heavy atom. The summed E-state index contributed by atoms with van der Waals surface area (Å²) in [6, 6.07) is -0.684. The molecule has 2 amide bonds. The molecule has 0 aromatic heterocycles. The van der Waals surface area contributed by atoms with E-state index in [4.69, 9.17) is 5.11 Å². The molecule has 6 nitrogen and oxygen atoms in total. The van der Waals surface area contributed by atoms with Crippen LogP contribution in [0.15, 0.2) is 0 Å². The van der Waals surface area contributed by atoms with Crippen LogP contribution in [0.2, 0.25) is 0 Å². The van der Waals surface area contributed by atoms with E-state index in [1.807, 2.05) is 0 Å². The third-order valence-electron chi connectivity index (χ3n) is 2.94. The van der Waals surface area contributed by atoms with Gasteiger partial charge in [0.05, 0.1) is 5.92 Å². The fraction of sp³-hybridized carbons (Fsp3) is 0.727. The van der Waals surface area contributed by atoms with Gasteiger partial charge in [-0.15, -0.1) is 0 Å². The molecule has 6 heteroatoms. The quantitative estimate of drug-likeness (QED) is 0.640. The standard InChI is InChI=1S/C11H18N2O4/c1-6(12-7(2)14)10(15)13-9-4-3-8(5-9)11(16)17/h6,8-9H,3-5H2,1-2H3,(H,12,14)(H,13,15)(H,16,17)/t6?,8-,9+/m1/s1. The molecule has 1 saturated carbocycles. The summed E-state index contributed by atoms with van der Waals surface area (Å²) < 4.78 is 0. The minimum atomic E-state index is -0.809. The van der Waals surface area contributed by atoms with Crippen molar-refractivity contribution in [2.24, 2.45) is 5.92 Å². The van der Waals surface area contributed by atoms with Crippen LogP contribution in [0.5, 0.6) is 0 Å². The zero-order valence-corrected chi connectivity index (χ0v) is 10.0. The molecule has 3 N–H and O–H groups in total. The van der Waals surface area contributed by atoms with Gasteiger partial charge in [0.15, 0.2) is 0 Å². The zero-order valence-electron chi connectivity index (χ0n) is 10.0. The van der Waals surface area contributed by atoms with E-state index in [0.717, 1.165) is 0 Å². The molecule has 0 aromatic rings. The number of carboxylic acids is 1. The number of carbonyl (C=O) groups is 3. The number of hydrogen-bond donors (Lipinski definition) is 3. The second kappa shape index (κ2) is 5.65. The third kappa shape index (κ3) is 4.05. The van der Waals surface area contributed by atoms with Crippen LogP contribution in [0.1, 0.15) is 33.1 Å². The Bertz CT molecular complexity index is 329. The van der Waals surface area contributed by atoms with Crippen LogP contribution in [0.25, 0.3) is 0 Å². The van der Waals surface area contributed by atoms with E-state index >= 15 is 0 Å². The van der Waals surface area contributed by atoms with Crippen LogP contribution in [0.3, 0.4) is 0 Å². The predicted molar refractivity (Wildman–Crippen MR) is 60.2 cm³/mol. The highest BCUT2D eigenvalue weighted by Crippen LogP contribution is 2.25. The van der Waals surface area contributed by atoms with E-state index in [1.165, 1.54) is 6.92 Å². The van der Waals surface area contributed by atoms with Crippen LogP contribution >= 0.6 is 0 Å². The van der Waals surface area contributed by atoms with Crippen LogP contribution in [0.4, 0.5) is 0 Å². The average Bonchev–Trinajstić information content (AvgIpc) is 2.65. The fourth-order valence-electron chi connectivity index (χ4n) is 2.03. The molecule has 0 bridgehead atoms. The Hall–Kier alpha value is -1.59. The predicted octanol–water partition coefficient (Wildman–Crippen LogP) is -0.119. The lowest BCUT2D eigenvalue weighted by atomic mass is 10.1. The highest BCUT2D eigenvalue weighted by Gasteiger charge is 2.31. The van der Waals surface area contributed by atoms with Gasteiger partial charge in [0, 0.05) is 13.0 Å². The van der Waals surface area contributed by atoms with E-state index in [9.17, 15) is 14.4 Å². The Kier molecular flexibility index (Phi) is 4.48. The van der Waals surface area contributed by atoms with E-state index in [-0.39, 0.29) is 23.8 Å². The number of amides is 2. The topological polar surface area (TPSA) is 95.5 Å². The molecule has 0 heterocycles. The lowest BCUT2D eigenvalue weighted by Crippen LogP contribution is -2.47. The van der Waals surface area contributed by atoms with Gasteiger partial charge in [0.2, 0.25) is 11.8 Å². The van der Waals surface area contributed by atoms with Gasteiger partial charge in [-0.25, -0.2) is 0 Å². The van der Waals surface area contributed by atoms with E-state index in [1.54, 1.807) is 6.92 Å². The van der Waals surface area contributed by atoms with Crippen LogP contribution in [-0.4, -0.2) is 35.0 Å². The van der Waals surface area contributed by atoms with Gasteiger partial charge in [0.25, 0.3) is 0 Å². The van der Waals surface area contributed by atoms with Gasteiger partial charge in [-0.1, -0.05) is 0 Å². The Morgan fingerprint density at radius 2 is 1.94 bits per heavy atom. The van der Waals surface area contributed by atoms with Crippen LogP contribution < -0.4 is 10.6 Å². The summed E-state index contributed by atoms with van der Waals surface area (Å²) in [4.78, 5) is 33.1. The van der Waals surface area contributed by atoms with Crippen LogP contribution in [0, 0.1) is 5.92 Å². The normalized spacial score (nSPS) is 25.1. The number of hydrogen-bond acceptors (Lipinski definition) is 3. The van der Waals surface area contributed by atoms with Gasteiger partial charge in [-0.2, -0.15) is 0 Å². The van der Waals surface area contributed by atoms with Crippen molar-refractivity contribution in [1.82, 2.24) is 10.6 Å². The number of carbonyl (C=O) groups excluding carboxylic acids is 2. The summed E-state index contributed by atoms with van der Waals surface area (Å²) >= 11 is 0. The molecule has 3 atom stereocenters. The lowest BCUT2D eigenvalue weighted by Gasteiger charge is -2.17. The van der Waals surface area contributed by atoms with Gasteiger partial charge in [-0.05, 0) is 26.2 Å². The SMILES string of the molecule is CC(=O)NC(C)C(=O)N[C@H]1CC[C@@H](C(=O)O)C1. The molecule has 17 heavy (non-hydrogen) atoms. The van der Waals surface area contributed by atoms with Crippen molar-refractivity contribution >= 4 is 17.8 Å². The second-order valence-electron chi connectivity index (χ2n) is 4.48. The zero-order chi connectivity index (χ0) is 13.0. The first-order chi connectivity index (χ1) is 7.90. The van der Waals surface area contributed by atoms with Crippen molar-refractivity contribution < 1.29 is 19.5 Å². The summed E-state index contributed by atoms with van der Waals surface area (Å²) in [7, 11) is 0. The summed E-state index contributed by atoms with van der Waals surface area (Å²) in [5, 5.41) is 14.1. The molecule has 0 spiro atoms. The summed E-state index contributed by atoms with van der Waals surface area (Å²) in [5.41, 5.74) is 0. The Morgan fingerprint density at radius 3 is 2.41 bits per heavy atom. The fourth-order valence-corrected chi connectivity index (χ4v) is 2.03. The first-order valence-electron chi connectivity index (χ1n) is 5.70. The molecule has 1 rings (SSSR count). The summed E-state index contributed by atoms with van der Waals surface area (Å²) in [6.07, 6.45) is 1.73. The average molecular weight is 242 g/mol. The minimum Gasteiger partial charge on any atom is -0.481 e. The van der Waals surface area contributed by atoms with Gasteiger partial charge < -0.3 is 15.7 Å². The van der Waals surface area contributed by atoms with Crippen molar-refractivity contribution in [2.45, 2.75) is 45.2 Å². The largest absolute Gasteiger partial charge is 0.481 e. The van der Waals surface area contributed by atoms with Crippen molar-refractivity contribution in [2.75, 3.05) is 0 Å². The molecule has 0 saturated heterocycles. The number of aliphatic carboxylic acids is 1. The summed E-state index contributed by atoms with van der Waals surface area (Å²) in [5.74, 6) is -1.70. The molecule has 1 unspecified atom stereocenters. The first kappa shape index (κ1) is 13.5. The van der Waals surface area contributed by atoms with Crippen molar-refractivity contribution in [1.29, 1.82) is 0 Å². The van der Waals surface area contributed by atoms with Gasteiger partial charge in [0.1, 0.15) is 6.04 Å². The molecule has 1 aliphatic carbocycles. The second-order valence-corrected chi connectivity index (χ2v) is 4.48. The molecule has 0 radical (unpaired) electrons. The van der Waals surface area contributed by atoms with Crippen LogP contribution in [-0.2, 0) is 14.4 Å². The number of carboxylic acid groups (broad SMARTS) is 1. The Labute approximate surface area is 99.8 Å². The molecule has 0 aliphatic heterocycles. The molecular weight excluding hydrogens is 224 g/mol. The molecule has 1 fully saturated rings. The van der Waals surface area contributed by atoms with E-state index in [2.05, 4.69) is 10.6 Å². The highest BCUT2D eigenvalue weighted by atomic mass is 16.4. The minimum absolute atomic E-state index is 0.0974. The van der Waals surface area contributed by atoms with Crippen molar-refractivity contribution in [3.05, 3.63) is 0 Å². The number of nitrogens with one attached hydrogen (secondary N) is 2. The Balaban J connectivity index is 2.37. The van der Waals surface area contributed by atoms with E-state index < -0.39 is 12.0 Å². The van der Waals surface area contributed by atoms with Crippen molar-refractivity contribution in [3.63, 3.8) is 0 Å². The van der Waals surface area contributed by atoms with Crippen molar-refractivity contribution in [3.8, 4) is 0 Å². The monoisotopic (exact) mass is 242 g/mol. The maximum Gasteiger partial charge on any atom is 0.306 e. The summed E-state index contributed by atoms with van der Waals surface area (Å²) in [6.45, 7) is 2.94. The third-order valence-corrected chi connectivity index (χ3v) is 2.94. The number of rotatable bonds is 4. The maximum absolute atomic E-state index is 11.6.